The average molecular weight is 433 g/mol. The fourth-order valence-corrected chi connectivity index (χ4v) is 3.69. The van der Waals surface area contributed by atoms with Gasteiger partial charge in [-0.25, -0.2) is 4.68 Å². The van der Waals surface area contributed by atoms with E-state index in [2.05, 4.69) is 16.0 Å². The molecule has 3 N–H and O–H groups in total. The zero-order chi connectivity index (χ0) is 22.5. The summed E-state index contributed by atoms with van der Waals surface area (Å²) < 4.78 is 1.37. The molecule has 2 aromatic carbocycles. The smallest absolute Gasteiger partial charge is 0.294 e. The van der Waals surface area contributed by atoms with Crippen molar-refractivity contribution in [2.24, 2.45) is 0 Å². The molecular weight excluding hydrogens is 410 g/mol. The molecule has 0 radical (unpaired) electrons. The molecule has 1 aliphatic rings. The van der Waals surface area contributed by atoms with Crippen LogP contribution in [0.25, 0.3) is 5.69 Å². The molecule has 1 atom stereocenters. The van der Waals surface area contributed by atoms with E-state index < -0.39 is 17.9 Å². The quantitative estimate of drug-likeness (QED) is 0.533. The summed E-state index contributed by atoms with van der Waals surface area (Å²) in [6.07, 6.45) is 3.29. The highest BCUT2D eigenvalue weighted by molar-refractivity contribution is 5.97. The van der Waals surface area contributed by atoms with E-state index in [0.29, 0.717) is 24.2 Å². The van der Waals surface area contributed by atoms with Gasteiger partial charge in [0.1, 0.15) is 6.04 Å². The maximum atomic E-state index is 13.0. The van der Waals surface area contributed by atoms with E-state index in [1.54, 1.807) is 48.5 Å². The molecule has 3 aromatic rings. The fraction of sp³-hybridized carbons (Fsp3) is 0.217. The number of piperidine rings is 1. The van der Waals surface area contributed by atoms with E-state index in [4.69, 9.17) is 0 Å². The van der Waals surface area contributed by atoms with E-state index in [-0.39, 0.29) is 17.4 Å². The highest BCUT2D eigenvalue weighted by atomic mass is 16.3. The van der Waals surface area contributed by atoms with Crippen LogP contribution in [0.1, 0.15) is 41.4 Å². The summed E-state index contributed by atoms with van der Waals surface area (Å²) in [5, 5.41) is 14.2. The van der Waals surface area contributed by atoms with Gasteiger partial charge in [0.25, 0.3) is 11.8 Å². The number of nitrogens with zero attached hydrogens (tertiary/aromatic N) is 3. The lowest BCUT2D eigenvalue weighted by Gasteiger charge is -2.34. The topological polar surface area (TPSA) is 117 Å². The molecule has 0 aliphatic carbocycles. The van der Waals surface area contributed by atoms with Crippen LogP contribution in [0.4, 0.5) is 0 Å². The standard InChI is InChI=1S/C23H23N5O4/c29-18-15-28(17-11-5-2-6-12-17)26-20(18)22(31)24-25-23(32)21(16-9-3-1-4-10-16)27-14-8-7-13-19(27)30/h1-6,9-12,15,21,29H,7-8,13-14H2,(H,24,31)(H,25,32). The first kappa shape index (κ1) is 21.1. The van der Waals surface area contributed by atoms with Crippen molar-refractivity contribution in [3.63, 3.8) is 0 Å². The summed E-state index contributed by atoms with van der Waals surface area (Å²) in [4.78, 5) is 39.6. The van der Waals surface area contributed by atoms with E-state index in [1.165, 1.54) is 15.8 Å². The van der Waals surface area contributed by atoms with E-state index >= 15 is 0 Å². The van der Waals surface area contributed by atoms with Crippen LogP contribution < -0.4 is 10.9 Å². The summed E-state index contributed by atoms with van der Waals surface area (Å²) in [5.74, 6) is -1.76. The minimum Gasteiger partial charge on any atom is -0.504 e. The molecule has 1 saturated heterocycles. The van der Waals surface area contributed by atoms with Crippen LogP contribution in [0.3, 0.4) is 0 Å². The Morgan fingerprint density at radius 3 is 2.34 bits per heavy atom. The average Bonchev–Trinajstić information content (AvgIpc) is 3.22. The normalized spacial score (nSPS) is 14.6. The molecule has 1 aromatic heterocycles. The number of likely N-dealkylation sites (tertiary alicyclic amines) is 1. The lowest BCUT2D eigenvalue weighted by molar-refractivity contribution is -0.143. The van der Waals surface area contributed by atoms with Crippen molar-refractivity contribution in [3.05, 3.63) is 78.1 Å². The molecule has 0 bridgehead atoms. The number of hydrazine groups is 1. The van der Waals surface area contributed by atoms with Crippen LogP contribution in [0.5, 0.6) is 5.75 Å². The number of rotatable bonds is 5. The van der Waals surface area contributed by atoms with Crippen LogP contribution in [-0.4, -0.2) is 44.1 Å². The Morgan fingerprint density at radius 1 is 0.969 bits per heavy atom. The van der Waals surface area contributed by atoms with Gasteiger partial charge in [0.15, 0.2) is 11.4 Å². The summed E-state index contributed by atoms with van der Waals surface area (Å²) >= 11 is 0. The molecule has 1 aliphatic heterocycles. The molecule has 1 unspecified atom stereocenters. The lowest BCUT2D eigenvalue weighted by Crippen LogP contribution is -2.50. The maximum Gasteiger partial charge on any atom is 0.294 e. The lowest BCUT2D eigenvalue weighted by atomic mass is 10.0. The molecule has 1 fully saturated rings. The number of benzene rings is 2. The largest absolute Gasteiger partial charge is 0.504 e. The van der Waals surface area contributed by atoms with Crippen molar-refractivity contribution in [1.29, 1.82) is 0 Å². The Hall–Kier alpha value is -4.14. The molecule has 3 amide bonds. The Kier molecular flexibility index (Phi) is 6.16. The van der Waals surface area contributed by atoms with Crippen LogP contribution >= 0.6 is 0 Å². The Labute approximate surface area is 184 Å². The highest BCUT2D eigenvalue weighted by Gasteiger charge is 2.33. The number of nitrogens with one attached hydrogen (secondary N) is 2. The third kappa shape index (κ3) is 4.46. The zero-order valence-electron chi connectivity index (χ0n) is 17.3. The van der Waals surface area contributed by atoms with Crippen molar-refractivity contribution in [2.75, 3.05) is 6.54 Å². The molecule has 0 saturated carbocycles. The number of para-hydroxylation sites is 1. The molecule has 4 rings (SSSR count). The van der Waals surface area contributed by atoms with Gasteiger partial charge in [0.05, 0.1) is 11.9 Å². The molecule has 9 heteroatoms. The molecule has 32 heavy (non-hydrogen) atoms. The first-order valence-electron chi connectivity index (χ1n) is 10.3. The van der Waals surface area contributed by atoms with Gasteiger partial charge in [-0.05, 0) is 30.5 Å². The monoisotopic (exact) mass is 433 g/mol. The van der Waals surface area contributed by atoms with Crippen molar-refractivity contribution in [1.82, 2.24) is 25.5 Å². The number of carbonyl (C=O) groups is 3. The third-order valence-electron chi connectivity index (χ3n) is 5.27. The van der Waals surface area contributed by atoms with Gasteiger partial charge in [-0.1, -0.05) is 48.5 Å². The van der Waals surface area contributed by atoms with Crippen molar-refractivity contribution in [2.45, 2.75) is 25.3 Å². The fourth-order valence-electron chi connectivity index (χ4n) is 3.69. The maximum absolute atomic E-state index is 13.0. The minimum absolute atomic E-state index is 0.106. The van der Waals surface area contributed by atoms with Gasteiger partial charge >= 0.3 is 0 Å². The van der Waals surface area contributed by atoms with Gasteiger partial charge < -0.3 is 10.0 Å². The van der Waals surface area contributed by atoms with Crippen molar-refractivity contribution < 1.29 is 19.5 Å². The van der Waals surface area contributed by atoms with Crippen LogP contribution in [0.2, 0.25) is 0 Å². The van der Waals surface area contributed by atoms with E-state index in [9.17, 15) is 19.5 Å². The van der Waals surface area contributed by atoms with Gasteiger partial charge in [0.2, 0.25) is 5.91 Å². The molecular formula is C23H23N5O4. The molecule has 9 nitrogen and oxygen atoms in total. The summed E-state index contributed by atoms with van der Waals surface area (Å²) in [7, 11) is 0. The van der Waals surface area contributed by atoms with Gasteiger partial charge in [-0.15, -0.1) is 0 Å². The summed E-state index contributed by atoms with van der Waals surface area (Å²) in [6.45, 7) is 0.460. The predicted octanol–water partition coefficient (Wildman–Crippen LogP) is 2.09. The van der Waals surface area contributed by atoms with Gasteiger partial charge in [0, 0.05) is 13.0 Å². The predicted molar refractivity (Wildman–Crippen MR) is 116 cm³/mol. The summed E-state index contributed by atoms with van der Waals surface area (Å²) in [6, 6.07) is 17.1. The number of aromatic nitrogens is 2. The van der Waals surface area contributed by atoms with Crippen LogP contribution in [0, 0.1) is 0 Å². The van der Waals surface area contributed by atoms with Gasteiger partial charge in [-0.3, -0.25) is 25.2 Å². The Balaban J connectivity index is 1.49. The first-order chi connectivity index (χ1) is 15.5. The second-order valence-corrected chi connectivity index (χ2v) is 7.44. The number of hydrogen-bond acceptors (Lipinski definition) is 5. The number of carbonyl (C=O) groups excluding carboxylic acids is 3. The first-order valence-corrected chi connectivity index (χ1v) is 10.3. The number of aromatic hydroxyl groups is 1. The second-order valence-electron chi connectivity index (χ2n) is 7.44. The number of hydrogen-bond donors (Lipinski definition) is 3. The molecule has 0 spiro atoms. The number of amides is 3. The third-order valence-corrected chi connectivity index (χ3v) is 5.27. The van der Waals surface area contributed by atoms with Crippen molar-refractivity contribution in [3.8, 4) is 11.4 Å². The van der Waals surface area contributed by atoms with E-state index in [0.717, 1.165) is 12.8 Å². The van der Waals surface area contributed by atoms with E-state index in [1.807, 2.05) is 12.1 Å². The minimum atomic E-state index is -0.875. The summed E-state index contributed by atoms with van der Waals surface area (Å²) in [5.41, 5.74) is 5.75. The van der Waals surface area contributed by atoms with Crippen LogP contribution in [-0.2, 0) is 9.59 Å². The molecule has 164 valence electrons. The second kappa shape index (κ2) is 9.34. The zero-order valence-corrected chi connectivity index (χ0v) is 17.3. The van der Waals surface area contributed by atoms with Crippen molar-refractivity contribution >= 4 is 17.7 Å². The van der Waals surface area contributed by atoms with Crippen LogP contribution in [0.15, 0.2) is 66.9 Å². The highest BCUT2D eigenvalue weighted by Crippen LogP contribution is 2.25. The SMILES string of the molecule is O=C(NNC(=O)C(c1ccccc1)N1CCCCC1=O)c1nn(-c2ccccc2)cc1O. The molecule has 2 heterocycles. The Morgan fingerprint density at radius 2 is 1.66 bits per heavy atom. The van der Waals surface area contributed by atoms with Gasteiger partial charge in [-0.2, -0.15) is 5.10 Å². The Bertz CT molecular complexity index is 1110.